The van der Waals surface area contributed by atoms with Gasteiger partial charge in [0.15, 0.2) is 0 Å². The van der Waals surface area contributed by atoms with Crippen molar-refractivity contribution in [3.63, 3.8) is 0 Å². The molecule has 2 aliphatic heterocycles. The molecule has 0 bridgehead atoms. The topological polar surface area (TPSA) is 87.7 Å². The van der Waals surface area contributed by atoms with Crippen molar-refractivity contribution < 1.29 is 19.1 Å². The third-order valence-corrected chi connectivity index (χ3v) is 4.58. The minimum atomic E-state index is -0.490. The second-order valence-corrected chi connectivity index (χ2v) is 6.11. The highest BCUT2D eigenvalue weighted by molar-refractivity contribution is 5.98. The van der Waals surface area contributed by atoms with Crippen LogP contribution in [0.25, 0.3) is 0 Å². The average Bonchev–Trinajstić information content (AvgIpc) is 3.02. The lowest BCUT2D eigenvalue weighted by Gasteiger charge is -2.33. The van der Waals surface area contributed by atoms with Crippen molar-refractivity contribution in [3.05, 3.63) is 29.8 Å². The molecule has 0 radical (unpaired) electrons. The maximum Gasteiger partial charge on any atom is 0.251 e. The molecule has 2 saturated heterocycles. The van der Waals surface area contributed by atoms with Gasteiger partial charge in [0, 0.05) is 18.2 Å². The van der Waals surface area contributed by atoms with Crippen LogP contribution in [0.1, 0.15) is 30.1 Å². The van der Waals surface area contributed by atoms with Crippen LogP contribution in [0.4, 0.5) is 0 Å². The van der Waals surface area contributed by atoms with Crippen LogP contribution in [-0.2, 0) is 9.59 Å². The van der Waals surface area contributed by atoms with E-state index in [0.29, 0.717) is 30.7 Å². The van der Waals surface area contributed by atoms with E-state index < -0.39 is 12.1 Å². The number of piperazine rings is 1. The van der Waals surface area contributed by atoms with Crippen LogP contribution in [0.3, 0.4) is 0 Å². The largest absolute Gasteiger partial charge is 0.497 e. The number of carbonyl (C=O) groups is 3. The zero-order valence-electron chi connectivity index (χ0n) is 13.7. The number of benzene rings is 1. The number of methoxy groups -OCH3 is 1. The van der Waals surface area contributed by atoms with E-state index in [-0.39, 0.29) is 23.8 Å². The second-order valence-electron chi connectivity index (χ2n) is 6.11. The summed E-state index contributed by atoms with van der Waals surface area (Å²) in [4.78, 5) is 38.5. The van der Waals surface area contributed by atoms with Gasteiger partial charge in [-0.15, -0.1) is 0 Å². The number of ether oxygens (including phenoxy) is 1. The number of nitrogens with zero attached hydrogens (tertiary/aromatic N) is 1. The van der Waals surface area contributed by atoms with Crippen molar-refractivity contribution in [3.8, 4) is 5.75 Å². The molecule has 128 valence electrons. The summed E-state index contributed by atoms with van der Waals surface area (Å²) in [6, 6.07) is 5.68. The lowest BCUT2D eigenvalue weighted by Crippen LogP contribution is -2.60. The fourth-order valence-electron chi connectivity index (χ4n) is 3.27. The summed E-state index contributed by atoms with van der Waals surface area (Å²) in [6.07, 6.45) is 0.998. The van der Waals surface area contributed by atoms with Crippen molar-refractivity contribution in [1.29, 1.82) is 0 Å². The maximum atomic E-state index is 12.4. The third-order valence-electron chi connectivity index (χ3n) is 4.58. The third kappa shape index (κ3) is 2.93. The zero-order chi connectivity index (χ0) is 17.3. The smallest absolute Gasteiger partial charge is 0.251 e. The SMILES string of the molecule is CC[C@@H]1NC(=O)[C@@H]2C[C@H](NC(=O)c3cccc(OC)c3)CN2C1=O. The Bertz CT molecular complexity index is 676. The van der Waals surface area contributed by atoms with E-state index in [9.17, 15) is 14.4 Å². The minimum Gasteiger partial charge on any atom is -0.497 e. The first-order valence-corrected chi connectivity index (χ1v) is 8.09. The summed E-state index contributed by atoms with van der Waals surface area (Å²) in [5, 5.41) is 5.66. The van der Waals surface area contributed by atoms with Gasteiger partial charge in [0.05, 0.1) is 7.11 Å². The van der Waals surface area contributed by atoms with Gasteiger partial charge in [0.2, 0.25) is 11.8 Å². The molecule has 0 aromatic heterocycles. The van der Waals surface area contributed by atoms with E-state index in [1.54, 1.807) is 36.3 Å². The molecule has 0 saturated carbocycles. The number of hydrogen-bond donors (Lipinski definition) is 2. The number of fused-ring (bicyclic) bond motifs is 1. The molecule has 7 heteroatoms. The summed E-state index contributed by atoms with van der Waals surface area (Å²) in [5.41, 5.74) is 0.487. The first-order valence-electron chi connectivity index (χ1n) is 8.09. The Kier molecular flexibility index (Phi) is 4.42. The van der Waals surface area contributed by atoms with Crippen molar-refractivity contribution in [2.24, 2.45) is 0 Å². The highest BCUT2D eigenvalue weighted by Gasteiger charge is 2.46. The zero-order valence-corrected chi connectivity index (χ0v) is 13.7. The molecule has 0 spiro atoms. The summed E-state index contributed by atoms with van der Waals surface area (Å²) in [5.74, 6) is 0.158. The maximum absolute atomic E-state index is 12.4. The van der Waals surface area contributed by atoms with Gasteiger partial charge in [-0.1, -0.05) is 13.0 Å². The Morgan fingerprint density at radius 3 is 2.92 bits per heavy atom. The van der Waals surface area contributed by atoms with Crippen LogP contribution < -0.4 is 15.4 Å². The molecule has 7 nitrogen and oxygen atoms in total. The van der Waals surface area contributed by atoms with E-state index in [1.165, 1.54) is 0 Å². The van der Waals surface area contributed by atoms with Crippen LogP contribution >= 0.6 is 0 Å². The van der Waals surface area contributed by atoms with Gasteiger partial charge in [-0.3, -0.25) is 14.4 Å². The predicted octanol–water partition coefficient (Wildman–Crippen LogP) is 0.303. The Morgan fingerprint density at radius 2 is 2.21 bits per heavy atom. The number of rotatable bonds is 4. The first-order chi connectivity index (χ1) is 11.5. The summed E-state index contributed by atoms with van der Waals surface area (Å²) in [6.45, 7) is 2.23. The molecule has 24 heavy (non-hydrogen) atoms. The lowest BCUT2D eigenvalue weighted by atomic mass is 10.1. The highest BCUT2D eigenvalue weighted by Crippen LogP contribution is 2.24. The Labute approximate surface area is 140 Å². The molecule has 3 rings (SSSR count). The van der Waals surface area contributed by atoms with E-state index in [1.807, 2.05) is 6.92 Å². The van der Waals surface area contributed by atoms with Crippen LogP contribution in [0.15, 0.2) is 24.3 Å². The van der Waals surface area contributed by atoms with E-state index in [4.69, 9.17) is 4.74 Å². The summed E-state index contributed by atoms with van der Waals surface area (Å²) < 4.78 is 5.12. The Hall–Kier alpha value is -2.57. The monoisotopic (exact) mass is 331 g/mol. The minimum absolute atomic E-state index is 0.0692. The molecule has 1 aromatic carbocycles. The fraction of sp³-hybridized carbons (Fsp3) is 0.471. The van der Waals surface area contributed by atoms with Gasteiger partial charge in [-0.2, -0.15) is 0 Å². The number of carbonyl (C=O) groups excluding carboxylic acids is 3. The standard InChI is InChI=1S/C17H21N3O4/c1-3-13-17(23)20-9-11(8-14(20)16(22)19-13)18-15(21)10-5-4-6-12(7-10)24-2/h4-7,11,13-14H,3,8-9H2,1-2H3,(H,18,21)(H,19,22)/t11-,13-,14-/m0/s1. The predicted molar refractivity (Wildman–Crippen MR) is 86.6 cm³/mol. The summed E-state index contributed by atoms with van der Waals surface area (Å²) in [7, 11) is 1.54. The van der Waals surface area contributed by atoms with Gasteiger partial charge in [0.1, 0.15) is 17.8 Å². The molecule has 2 aliphatic rings. The highest BCUT2D eigenvalue weighted by atomic mass is 16.5. The molecular weight excluding hydrogens is 310 g/mol. The molecule has 2 fully saturated rings. The molecular formula is C17H21N3O4. The number of amides is 3. The van der Waals surface area contributed by atoms with E-state index in [2.05, 4.69) is 10.6 Å². The van der Waals surface area contributed by atoms with Crippen molar-refractivity contribution in [2.45, 2.75) is 37.9 Å². The number of nitrogens with one attached hydrogen (secondary N) is 2. The molecule has 1 aromatic rings. The fourth-order valence-corrected chi connectivity index (χ4v) is 3.27. The van der Waals surface area contributed by atoms with Crippen molar-refractivity contribution in [1.82, 2.24) is 15.5 Å². The van der Waals surface area contributed by atoms with Gasteiger partial charge in [-0.05, 0) is 31.0 Å². The quantitative estimate of drug-likeness (QED) is 0.831. The summed E-state index contributed by atoms with van der Waals surface area (Å²) >= 11 is 0. The van der Waals surface area contributed by atoms with Crippen LogP contribution in [0, 0.1) is 0 Å². The van der Waals surface area contributed by atoms with Crippen LogP contribution in [0.2, 0.25) is 0 Å². The average molecular weight is 331 g/mol. The van der Waals surface area contributed by atoms with Crippen LogP contribution in [-0.4, -0.2) is 54.4 Å². The van der Waals surface area contributed by atoms with Crippen LogP contribution in [0.5, 0.6) is 5.75 Å². The van der Waals surface area contributed by atoms with Gasteiger partial charge < -0.3 is 20.3 Å². The molecule has 2 N–H and O–H groups in total. The second kappa shape index (κ2) is 6.51. The van der Waals surface area contributed by atoms with E-state index >= 15 is 0 Å². The van der Waals surface area contributed by atoms with Gasteiger partial charge >= 0.3 is 0 Å². The molecule has 3 amide bonds. The molecule has 2 heterocycles. The number of hydrogen-bond acceptors (Lipinski definition) is 4. The van der Waals surface area contributed by atoms with E-state index in [0.717, 1.165) is 0 Å². The molecule has 0 aliphatic carbocycles. The molecule has 3 atom stereocenters. The van der Waals surface area contributed by atoms with Crippen molar-refractivity contribution in [2.75, 3.05) is 13.7 Å². The normalized spacial score (nSPS) is 25.9. The lowest BCUT2D eigenvalue weighted by molar-refractivity contribution is -0.147. The van der Waals surface area contributed by atoms with Crippen molar-refractivity contribution >= 4 is 17.7 Å². The van der Waals surface area contributed by atoms with Gasteiger partial charge in [-0.25, -0.2) is 0 Å². The Balaban J connectivity index is 1.68. The Morgan fingerprint density at radius 1 is 1.42 bits per heavy atom. The molecule has 0 unspecified atom stereocenters. The van der Waals surface area contributed by atoms with Gasteiger partial charge in [0.25, 0.3) is 5.91 Å². The first kappa shape index (κ1) is 16.3.